The molecule has 0 unspecified atom stereocenters. The van der Waals surface area contributed by atoms with Crippen LogP contribution in [0.3, 0.4) is 0 Å². The van der Waals surface area contributed by atoms with Crippen molar-refractivity contribution in [1.82, 2.24) is 10.2 Å². The largest absolute Gasteiger partial charge is 0.411 e. The van der Waals surface area contributed by atoms with Gasteiger partial charge in [0, 0.05) is 0 Å². The second-order valence-electron chi connectivity index (χ2n) is 3.31. The molecular formula is C10H9ClN2O4S2. The summed E-state index contributed by atoms with van der Waals surface area (Å²) in [6.45, 7) is 0. The molecule has 0 fully saturated rings. The molecule has 19 heavy (non-hydrogen) atoms. The zero-order valence-electron chi connectivity index (χ0n) is 9.95. The molecule has 6 nitrogen and oxygen atoms in total. The fourth-order valence-electron chi connectivity index (χ4n) is 1.40. The Morgan fingerprint density at radius 3 is 2.68 bits per heavy atom. The molecule has 1 aromatic carbocycles. The number of aromatic nitrogens is 2. The van der Waals surface area contributed by atoms with Crippen molar-refractivity contribution in [3.8, 4) is 11.5 Å². The standard InChI is InChI=1S/C10H9ClN2O4S2/c1-16-19(14,15)7-5-3-4-6(11)8(7)9-12-13-10(17-9)18-2/h3-5H,1-2H3. The molecule has 1 heterocycles. The van der Waals surface area contributed by atoms with Crippen molar-refractivity contribution in [2.45, 2.75) is 10.1 Å². The van der Waals surface area contributed by atoms with E-state index in [0.29, 0.717) is 5.22 Å². The molecule has 2 rings (SSSR count). The van der Waals surface area contributed by atoms with E-state index >= 15 is 0 Å². The van der Waals surface area contributed by atoms with Crippen LogP contribution in [-0.4, -0.2) is 32.0 Å². The van der Waals surface area contributed by atoms with Gasteiger partial charge in [0.1, 0.15) is 4.90 Å². The van der Waals surface area contributed by atoms with E-state index in [1.807, 2.05) is 0 Å². The van der Waals surface area contributed by atoms with Gasteiger partial charge in [0.15, 0.2) is 0 Å². The van der Waals surface area contributed by atoms with E-state index in [0.717, 1.165) is 7.11 Å². The van der Waals surface area contributed by atoms with Crippen LogP contribution in [0.25, 0.3) is 11.5 Å². The minimum absolute atomic E-state index is 0.0329. The van der Waals surface area contributed by atoms with Gasteiger partial charge in [-0.25, -0.2) is 0 Å². The molecule has 0 radical (unpaired) electrons. The average Bonchev–Trinajstić information content (AvgIpc) is 2.87. The third-order valence-corrected chi connectivity index (χ3v) is 4.41. The van der Waals surface area contributed by atoms with Gasteiger partial charge in [-0.15, -0.1) is 10.2 Å². The van der Waals surface area contributed by atoms with Crippen molar-refractivity contribution in [3.63, 3.8) is 0 Å². The molecule has 0 aliphatic carbocycles. The molecule has 0 atom stereocenters. The van der Waals surface area contributed by atoms with Gasteiger partial charge in [-0.05, 0) is 18.4 Å². The van der Waals surface area contributed by atoms with Crippen molar-refractivity contribution < 1.29 is 17.0 Å². The van der Waals surface area contributed by atoms with E-state index in [9.17, 15) is 8.42 Å². The summed E-state index contributed by atoms with van der Waals surface area (Å²) in [5.41, 5.74) is 0.138. The van der Waals surface area contributed by atoms with Gasteiger partial charge in [0.2, 0.25) is 0 Å². The van der Waals surface area contributed by atoms with Gasteiger partial charge in [-0.2, -0.15) is 8.42 Å². The van der Waals surface area contributed by atoms with Gasteiger partial charge >= 0.3 is 0 Å². The van der Waals surface area contributed by atoms with E-state index in [1.54, 1.807) is 6.26 Å². The Labute approximate surface area is 119 Å². The van der Waals surface area contributed by atoms with Crippen LogP contribution >= 0.6 is 23.4 Å². The lowest BCUT2D eigenvalue weighted by molar-refractivity contribution is 0.397. The van der Waals surface area contributed by atoms with Crippen LogP contribution in [0.5, 0.6) is 0 Å². The number of hydrogen-bond acceptors (Lipinski definition) is 7. The topological polar surface area (TPSA) is 82.3 Å². The Balaban J connectivity index is 2.68. The SMILES string of the molecule is COS(=O)(=O)c1cccc(Cl)c1-c1nnc(SC)o1. The maximum atomic E-state index is 11.8. The summed E-state index contributed by atoms with van der Waals surface area (Å²) in [6, 6.07) is 4.40. The molecule has 0 amide bonds. The summed E-state index contributed by atoms with van der Waals surface area (Å²) >= 11 is 7.27. The van der Waals surface area contributed by atoms with Crippen molar-refractivity contribution >= 4 is 33.5 Å². The summed E-state index contributed by atoms with van der Waals surface area (Å²) in [6.07, 6.45) is 1.76. The normalized spacial score (nSPS) is 11.7. The average molecular weight is 321 g/mol. The van der Waals surface area contributed by atoms with Gasteiger partial charge < -0.3 is 4.42 Å². The number of benzene rings is 1. The minimum atomic E-state index is -3.92. The summed E-state index contributed by atoms with van der Waals surface area (Å²) in [7, 11) is -2.85. The highest BCUT2D eigenvalue weighted by atomic mass is 35.5. The summed E-state index contributed by atoms with van der Waals surface area (Å²) in [4.78, 5) is -0.112. The Hall–Kier alpha value is -1.09. The minimum Gasteiger partial charge on any atom is -0.411 e. The molecule has 102 valence electrons. The lowest BCUT2D eigenvalue weighted by atomic mass is 10.2. The summed E-state index contributed by atoms with van der Waals surface area (Å²) in [5.74, 6) is 0.0329. The molecule has 1 aromatic heterocycles. The second-order valence-corrected chi connectivity index (χ2v) is 6.16. The maximum absolute atomic E-state index is 11.8. The second kappa shape index (κ2) is 5.49. The van der Waals surface area contributed by atoms with E-state index in [1.165, 1.54) is 30.0 Å². The monoisotopic (exact) mass is 320 g/mol. The third kappa shape index (κ3) is 2.76. The number of thioether (sulfide) groups is 1. The van der Waals surface area contributed by atoms with Crippen LogP contribution in [0.15, 0.2) is 32.7 Å². The van der Waals surface area contributed by atoms with Crippen LogP contribution < -0.4 is 0 Å². The number of halogens is 1. The Bertz CT molecular complexity index is 699. The third-order valence-electron chi connectivity index (χ3n) is 2.26. The quantitative estimate of drug-likeness (QED) is 0.632. The van der Waals surface area contributed by atoms with Gasteiger partial charge in [0.05, 0.1) is 17.7 Å². The first-order chi connectivity index (χ1) is 8.99. The van der Waals surface area contributed by atoms with Gasteiger partial charge in [-0.1, -0.05) is 29.4 Å². The molecule has 0 N–H and O–H groups in total. The Morgan fingerprint density at radius 2 is 2.11 bits per heavy atom. The Kier molecular flexibility index (Phi) is 4.14. The summed E-state index contributed by atoms with van der Waals surface area (Å²) < 4.78 is 33.5. The number of hydrogen-bond donors (Lipinski definition) is 0. The first-order valence-corrected chi connectivity index (χ1v) is 7.97. The van der Waals surface area contributed by atoms with Crippen molar-refractivity contribution in [2.24, 2.45) is 0 Å². The molecule has 0 bridgehead atoms. The molecule has 9 heteroatoms. The maximum Gasteiger partial charge on any atom is 0.297 e. The van der Waals surface area contributed by atoms with Gasteiger partial charge in [-0.3, -0.25) is 4.18 Å². The van der Waals surface area contributed by atoms with Crippen LogP contribution in [0.2, 0.25) is 5.02 Å². The molecule has 0 saturated heterocycles. The lowest BCUT2D eigenvalue weighted by Crippen LogP contribution is -2.05. The molecular weight excluding hydrogens is 312 g/mol. The van der Waals surface area contributed by atoms with E-state index in [4.69, 9.17) is 16.0 Å². The number of rotatable bonds is 4. The first-order valence-electron chi connectivity index (χ1n) is 4.96. The van der Waals surface area contributed by atoms with Crippen LogP contribution in [-0.2, 0) is 14.3 Å². The zero-order valence-corrected chi connectivity index (χ0v) is 12.3. The summed E-state index contributed by atoms with van der Waals surface area (Å²) in [5, 5.41) is 8.04. The van der Waals surface area contributed by atoms with E-state index < -0.39 is 10.1 Å². The van der Waals surface area contributed by atoms with Crippen LogP contribution in [0.4, 0.5) is 0 Å². The highest BCUT2D eigenvalue weighted by Crippen LogP contribution is 2.34. The predicted molar refractivity (Wildman–Crippen MR) is 70.7 cm³/mol. The molecule has 0 saturated carbocycles. The van der Waals surface area contributed by atoms with Crippen molar-refractivity contribution in [3.05, 3.63) is 23.2 Å². The molecule has 0 aliphatic heterocycles. The molecule has 0 spiro atoms. The van der Waals surface area contributed by atoms with Crippen LogP contribution in [0.1, 0.15) is 0 Å². The van der Waals surface area contributed by atoms with Crippen molar-refractivity contribution in [2.75, 3.05) is 13.4 Å². The molecule has 0 aliphatic rings. The van der Waals surface area contributed by atoms with Gasteiger partial charge in [0.25, 0.3) is 21.2 Å². The predicted octanol–water partition coefficient (Wildman–Crippen LogP) is 2.45. The number of nitrogens with zero attached hydrogens (tertiary/aromatic N) is 2. The highest BCUT2D eigenvalue weighted by molar-refractivity contribution is 7.98. The van der Waals surface area contributed by atoms with E-state index in [-0.39, 0.29) is 21.4 Å². The fourth-order valence-corrected chi connectivity index (χ4v) is 2.87. The highest BCUT2D eigenvalue weighted by Gasteiger charge is 2.24. The lowest BCUT2D eigenvalue weighted by Gasteiger charge is -2.07. The van der Waals surface area contributed by atoms with E-state index in [2.05, 4.69) is 14.4 Å². The molecule has 2 aromatic rings. The first kappa shape index (κ1) is 14.3. The van der Waals surface area contributed by atoms with Crippen LogP contribution in [0, 0.1) is 0 Å². The zero-order chi connectivity index (χ0) is 14.0. The smallest absolute Gasteiger partial charge is 0.297 e. The Morgan fingerprint density at radius 1 is 1.37 bits per heavy atom. The fraction of sp³-hybridized carbons (Fsp3) is 0.200. The van der Waals surface area contributed by atoms with Crippen molar-refractivity contribution in [1.29, 1.82) is 0 Å².